The van der Waals surface area contributed by atoms with Crippen LogP contribution in [-0.2, 0) is 9.53 Å². The minimum atomic E-state index is -0.0741. The molecule has 1 aliphatic rings. The maximum absolute atomic E-state index is 10.8. The summed E-state index contributed by atoms with van der Waals surface area (Å²) in [6.07, 6.45) is 2.92. The zero-order valence-corrected chi connectivity index (χ0v) is 7.38. The Balaban J connectivity index is 2.05. The van der Waals surface area contributed by atoms with E-state index in [4.69, 9.17) is 10.6 Å². The number of amides is 1. The standard InChI is InChI=1S/C8H16N2O2/c1-2-12-7-3-6(4-7)5-8(11)10-9/h6-7H,2-5,9H2,1H3,(H,10,11). The van der Waals surface area contributed by atoms with Gasteiger partial charge in [0.2, 0.25) is 5.91 Å². The molecule has 0 unspecified atom stereocenters. The van der Waals surface area contributed by atoms with Crippen LogP contribution in [0.25, 0.3) is 0 Å². The van der Waals surface area contributed by atoms with Crippen molar-refractivity contribution in [2.45, 2.75) is 32.3 Å². The lowest BCUT2D eigenvalue weighted by Crippen LogP contribution is -2.37. The van der Waals surface area contributed by atoms with E-state index in [0.29, 0.717) is 18.4 Å². The van der Waals surface area contributed by atoms with E-state index in [9.17, 15) is 4.79 Å². The van der Waals surface area contributed by atoms with Crippen molar-refractivity contribution in [2.75, 3.05) is 6.61 Å². The molecule has 0 radical (unpaired) electrons. The molecular weight excluding hydrogens is 156 g/mol. The van der Waals surface area contributed by atoms with E-state index in [1.165, 1.54) is 0 Å². The highest BCUT2D eigenvalue weighted by Crippen LogP contribution is 2.32. The third-order valence-corrected chi connectivity index (χ3v) is 2.23. The lowest BCUT2D eigenvalue weighted by molar-refractivity contribution is -0.124. The fourth-order valence-corrected chi connectivity index (χ4v) is 1.53. The number of rotatable bonds is 4. The summed E-state index contributed by atoms with van der Waals surface area (Å²) < 4.78 is 5.36. The fourth-order valence-electron chi connectivity index (χ4n) is 1.53. The molecule has 1 fully saturated rings. The smallest absolute Gasteiger partial charge is 0.234 e. The molecule has 12 heavy (non-hydrogen) atoms. The SMILES string of the molecule is CCOC1CC(CC(=O)NN)C1. The molecule has 3 N–H and O–H groups in total. The van der Waals surface area contributed by atoms with Gasteiger partial charge in [0.15, 0.2) is 0 Å². The topological polar surface area (TPSA) is 64.3 Å². The summed E-state index contributed by atoms with van der Waals surface area (Å²) in [4.78, 5) is 10.8. The summed E-state index contributed by atoms with van der Waals surface area (Å²) in [7, 11) is 0. The Morgan fingerprint density at radius 2 is 2.33 bits per heavy atom. The van der Waals surface area contributed by atoms with Gasteiger partial charge >= 0.3 is 0 Å². The van der Waals surface area contributed by atoms with Crippen LogP contribution in [0.15, 0.2) is 0 Å². The third kappa shape index (κ3) is 2.46. The second-order valence-corrected chi connectivity index (χ2v) is 3.19. The van der Waals surface area contributed by atoms with Crippen LogP contribution in [0.1, 0.15) is 26.2 Å². The first kappa shape index (κ1) is 9.48. The van der Waals surface area contributed by atoms with Crippen molar-refractivity contribution in [2.24, 2.45) is 11.8 Å². The molecule has 0 heterocycles. The molecule has 4 heteroatoms. The summed E-state index contributed by atoms with van der Waals surface area (Å²) in [5.74, 6) is 5.36. The van der Waals surface area contributed by atoms with E-state index in [0.717, 1.165) is 19.4 Å². The van der Waals surface area contributed by atoms with Gasteiger partial charge in [-0.1, -0.05) is 0 Å². The summed E-state index contributed by atoms with van der Waals surface area (Å²) in [6, 6.07) is 0. The van der Waals surface area contributed by atoms with Crippen LogP contribution >= 0.6 is 0 Å². The van der Waals surface area contributed by atoms with Gasteiger partial charge in [-0.25, -0.2) is 5.84 Å². The number of hydrogen-bond donors (Lipinski definition) is 2. The summed E-state index contributed by atoms with van der Waals surface area (Å²) >= 11 is 0. The minimum absolute atomic E-state index is 0.0741. The number of ether oxygens (including phenoxy) is 1. The number of carbonyl (C=O) groups is 1. The Kier molecular flexibility index (Phi) is 3.49. The van der Waals surface area contributed by atoms with Gasteiger partial charge in [0, 0.05) is 13.0 Å². The normalized spacial score (nSPS) is 27.8. The maximum Gasteiger partial charge on any atom is 0.234 e. The molecule has 1 amide bonds. The van der Waals surface area contributed by atoms with Crippen LogP contribution in [0.5, 0.6) is 0 Å². The van der Waals surface area contributed by atoms with Crippen LogP contribution in [0.2, 0.25) is 0 Å². The highest BCUT2D eigenvalue weighted by molar-refractivity contribution is 5.75. The molecule has 0 aliphatic heterocycles. The average molecular weight is 172 g/mol. The molecule has 0 bridgehead atoms. The molecule has 1 saturated carbocycles. The molecule has 0 aromatic rings. The van der Waals surface area contributed by atoms with Gasteiger partial charge in [-0.2, -0.15) is 0 Å². The van der Waals surface area contributed by atoms with Crippen molar-refractivity contribution in [3.05, 3.63) is 0 Å². The van der Waals surface area contributed by atoms with Crippen molar-refractivity contribution in [3.63, 3.8) is 0 Å². The maximum atomic E-state index is 10.8. The van der Waals surface area contributed by atoms with Crippen molar-refractivity contribution in [1.82, 2.24) is 5.43 Å². The van der Waals surface area contributed by atoms with Gasteiger partial charge in [-0.15, -0.1) is 0 Å². The Labute approximate surface area is 72.4 Å². The van der Waals surface area contributed by atoms with Gasteiger partial charge in [0.05, 0.1) is 6.10 Å². The Bertz CT molecular complexity index is 155. The number of hydrogen-bond acceptors (Lipinski definition) is 3. The monoisotopic (exact) mass is 172 g/mol. The molecule has 4 nitrogen and oxygen atoms in total. The number of nitrogens with one attached hydrogen (secondary N) is 1. The second kappa shape index (κ2) is 4.42. The summed E-state index contributed by atoms with van der Waals surface area (Å²) in [6.45, 7) is 2.75. The van der Waals surface area contributed by atoms with Crippen LogP contribution in [0.4, 0.5) is 0 Å². The molecule has 0 aromatic heterocycles. The van der Waals surface area contributed by atoms with Crippen molar-refractivity contribution in [1.29, 1.82) is 0 Å². The largest absolute Gasteiger partial charge is 0.378 e. The van der Waals surface area contributed by atoms with Crippen LogP contribution in [0.3, 0.4) is 0 Å². The second-order valence-electron chi connectivity index (χ2n) is 3.19. The summed E-state index contributed by atoms with van der Waals surface area (Å²) in [5, 5.41) is 0. The van der Waals surface area contributed by atoms with Gasteiger partial charge in [-0.05, 0) is 25.7 Å². The Morgan fingerprint density at radius 3 is 2.83 bits per heavy atom. The molecular formula is C8H16N2O2. The van der Waals surface area contributed by atoms with Crippen LogP contribution in [-0.4, -0.2) is 18.6 Å². The van der Waals surface area contributed by atoms with Crippen LogP contribution < -0.4 is 11.3 Å². The highest BCUT2D eigenvalue weighted by atomic mass is 16.5. The molecule has 1 aliphatic carbocycles. The zero-order valence-electron chi connectivity index (χ0n) is 7.38. The number of hydrazine groups is 1. The number of nitrogens with two attached hydrogens (primary N) is 1. The van der Waals surface area contributed by atoms with E-state index >= 15 is 0 Å². The first-order valence-electron chi connectivity index (χ1n) is 4.37. The molecule has 0 spiro atoms. The van der Waals surface area contributed by atoms with Crippen molar-refractivity contribution >= 4 is 5.91 Å². The average Bonchev–Trinajstić information content (AvgIpc) is 2.00. The molecule has 0 aromatic carbocycles. The Hall–Kier alpha value is -0.610. The minimum Gasteiger partial charge on any atom is -0.378 e. The first-order chi connectivity index (χ1) is 5.76. The van der Waals surface area contributed by atoms with Gasteiger partial charge in [0.25, 0.3) is 0 Å². The molecule has 70 valence electrons. The van der Waals surface area contributed by atoms with E-state index in [1.807, 2.05) is 6.92 Å². The highest BCUT2D eigenvalue weighted by Gasteiger charge is 2.30. The Morgan fingerprint density at radius 1 is 1.67 bits per heavy atom. The zero-order chi connectivity index (χ0) is 8.97. The molecule has 0 saturated heterocycles. The van der Waals surface area contributed by atoms with E-state index < -0.39 is 0 Å². The molecule has 0 atom stereocenters. The predicted molar refractivity (Wildman–Crippen MR) is 45.1 cm³/mol. The van der Waals surface area contributed by atoms with Crippen molar-refractivity contribution < 1.29 is 9.53 Å². The van der Waals surface area contributed by atoms with Gasteiger partial charge in [-0.3, -0.25) is 10.2 Å². The van der Waals surface area contributed by atoms with Crippen molar-refractivity contribution in [3.8, 4) is 0 Å². The van der Waals surface area contributed by atoms with Crippen LogP contribution in [0, 0.1) is 5.92 Å². The first-order valence-corrected chi connectivity index (χ1v) is 4.37. The summed E-state index contributed by atoms with van der Waals surface area (Å²) in [5.41, 5.74) is 2.13. The lowest BCUT2D eigenvalue weighted by Gasteiger charge is -2.34. The van der Waals surface area contributed by atoms with Gasteiger partial charge < -0.3 is 4.74 Å². The molecule has 1 rings (SSSR count). The fraction of sp³-hybridized carbons (Fsp3) is 0.875. The van der Waals surface area contributed by atoms with E-state index in [-0.39, 0.29) is 5.91 Å². The van der Waals surface area contributed by atoms with Gasteiger partial charge in [0.1, 0.15) is 0 Å². The lowest BCUT2D eigenvalue weighted by atomic mass is 9.80. The van der Waals surface area contributed by atoms with E-state index in [2.05, 4.69) is 5.43 Å². The predicted octanol–water partition coefficient (Wildman–Crippen LogP) is 0.181. The van der Waals surface area contributed by atoms with E-state index in [1.54, 1.807) is 0 Å². The quantitative estimate of drug-likeness (QED) is 0.361. The number of carbonyl (C=O) groups excluding carboxylic acids is 1. The third-order valence-electron chi connectivity index (χ3n) is 2.23.